The van der Waals surface area contributed by atoms with Gasteiger partial charge in [0.25, 0.3) is 5.56 Å². The van der Waals surface area contributed by atoms with Gasteiger partial charge in [0.05, 0.1) is 11.2 Å². The van der Waals surface area contributed by atoms with E-state index in [-0.39, 0.29) is 5.56 Å². The van der Waals surface area contributed by atoms with Gasteiger partial charge in [0.1, 0.15) is 0 Å². The Labute approximate surface area is 276 Å². The zero-order valence-electron chi connectivity index (χ0n) is 25.9. The summed E-state index contributed by atoms with van der Waals surface area (Å²) in [5.41, 5.74) is 8.51. The number of nitrogens with zero attached hydrogens (tertiary/aromatic N) is 1. The number of para-hydroxylation sites is 2. The Kier molecular flexibility index (Phi) is 5.73. The molecule has 0 amide bonds. The van der Waals surface area contributed by atoms with E-state index in [2.05, 4.69) is 115 Å². The molecule has 0 aliphatic carbocycles. The van der Waals surface area contributed by atoms with E-state index in [1.807, 2.05) is 53.1 Å². The maximum absolute atomic E-state index is 14.0. The lowest BCUT2D eigenvalue weighted by Crippen LogP contribution is -2.22. The van der Waals surface area contributed by atoms with Crippen molar-refractivity contribution in [3.05, 3.63) is 174 Å². The first-order chi connectivity index (χ1) is 23.7. The lowest BCUT2D eigenvalue weighted by atomic mass is 9.85. The summed E-state index contributed by atoms with van der Waals surface area (Å²) in [6.45, 7) is 0. The highest BCUT2D eigenvalue weighted by Gasteiger charge is 2.25. The van der Waals surface area contributed by atoms with Crippen molar-refractivity contribution in [3.63, 3.8) is 0 Å². The Bertz CT molecular complexity index is 2760. The van der Waals surface area contributed by atoms with Gasteiger partial charge in [0.2, 0.25) is 0 Å². The molecule has 9 aromatic rings. The third-order valence-electron chi connectivity index (χ3n) is 9.78. The van der Waals surface area contributed by atoms with E-state index in [4.69, 9.17) is 4.74 Å². The summed E-state index contributed by atoms with van der Waals surface area (Å²) in [7, 11) is 0. The molecule has 0 unspecified atom stereocenters. The fraction of sp³-hybridized carbons (Fsp3) is 0. The third-order valence-corrected chi connectivity index (χ3v) is 9.78. The van der Waals surface area contributed by atoms with E-state index in [1.165, 1.54) is 43.8 Å². The Morgan fingerprint density at radius 1 is 0.375 bits per heavy atom. The second-order valence-electron chi connectivity index (χ2n) is 12.4. The molecule has 0 bridgehead atoms. The molecule has 1 aliphatic rings. The first kappa shape index (κ1) is 26.7. The highest BCUT2D eigenvalue weighted by Crippen LogP contribution is 2.48. The SMILES string of the molecule is O=c1c2ccccc2c2cc(-c3c4ccccc4c(-c4ccc(-c5ccccc5)cc4)c4ccccc34)cc3c2n1-c1ccccc1O3. The van der Waals surface area contributed by atoms with Crippen molar-refractivity contribution in [2.45, 2.75) is 0 Å². The van der Waals surface area contributed by atoms with Gasteiger partial charge in [-0.3, -0.25) is 9.36 Å². The van der Waals surface area contributed by atoms with Crippen molar-refractivity contribution in [1.29, 1.82) is 0 Å². The van der Waals surface area contributed by atoms with Crippen LogP contribution in [0.2, 0.25) is 0 Å². The van der Waals surface area contributed by atoms with Crippen molar-refractivity contribution < 1.29 is 4.74 Å². The van der Waals surface area contributed by atoms with Gasteiger partial charge >= 0.3 is 0 Å². The quantitative estimate of drug-likeness (QED) is 0.147. The third kappa shape index (κ3) is 3.85. The van der Waals surface area contributed by atoms with Gasteiger partial charge < -0.3 is 4.74 Å². The molecule has 0 fully saturated rings. The monoisotopic (exact) mass is 613 g/mol. The lowest BCUT2D eigenvalue weighted by Gasteiger charge is -2.25. The van der Waals surface area contributed by atoms with E-state index in [1.54, 1.807) is 0 Å². The Morgan fingerprint density at radius 2 is 0.875 bits per heavy atom. The maximum atomic E-state index is 14.0. The molecule has 1 aliphatic heterocycles. The Morgan fingerprint density at radius 3 is 1.54 bits per heavy atom. The molecular formula is C45H27NO2. The average molecular weight is 614 g/mol. The van der Waals surface area contributed by atoms with Gasteiger partial charge in [0.15, 0.2) is 11.5 Å². The van der Waals surface area contributed by atoms with Gasteiger partial charge in [-0.05, 0) is 90.6 Å². The molecule has 10 rings (SSSR count). The summed E-state index contributed by atoms with van der Waals surface area (Å²) in [5.74, 6) is 1.35. The molecule has 0 saturated heterocycles. The van der Waals surface area contributed by atoms with E-state index >= 15 is 0 Å². The molecule has 1 aromatic heterocycles. The van der Waals surface area contributed by atoms with E-state index in [0.717, 1.165) is 33.1 Å². The van der Waals surface area contributed by atoms with Gasteiger partial charge in [0, 0.05) is 10.8 Å². The molecule has 3 heteroatoms. The van der Waals surface area contributed by atoms with Crippen molar-refractivity contribution in [1.82, 2.24) is 4.57 Å². The highest BCUT2D eigenvalue weighted by atomic mass is 16.5. The van der Waals surface area contributed by atoms with Crippen LogP contribution in [0, 0.1) is 0 Å². The fourth-order valence-electron chi connectivity index (χ4n) is 7.68. The van der Waals surface area contributed by atoms with Gasteiger partial charge in [-0.1, -0.05) is 133 Å². The number of fused-ring (bicyclic) bond motifs is 6. The van der Waals surface area contributed by atoms with Crippen molar-refractivity contribution >= 4 is 43.2 Å². The van der Waals surface area contributed by atoms with Crippen LogP contribution in [0.1, 0.15) is 0 Å². The summed E-state index contributed by atoms with van der Waals surface area (Å²) in [6, 6.07) is 56.9. The summed E-state index contributed by atoms with van der Waals surface area (Å²) >= 11 is 0. The van der Waals surface area contributed by atoms with E-state index in [9.17, 15) is 4.79 Å². The summed E-state index contributed by atoms with van der Waals surface area (Å²) in [4.78, 5) is 14.0. The van der Waals surface area contributed by atoms with Gasteiger partial charge in [-0.15, -0.1) is 0 Å². The van der Waals surface area contributed by atoms with Crippen LogP contribution in [0.3, 0.4) is 0 Å². The molecule has 0 N–H and O–H groups in total. The number of pyridine rings is 1. The topological polar surface area (TPSA) is 31.2 Å². The van der Waals surface area contributed by atoms with Crippen LogP contribution < -0.4 is 10.3 Å². The number of benzene rings is 8. The van der Waals surface area contributed by atoms with Crippen LogP contribution in [-0.2, 0) is 0 Å². The number of rotatable bonds is 3. The van der Waals surface area contributed by atoms with Crippen LogP contribution in [0.5, 0.6) is 11.5 Å². The zero-order valence-corrected chi connectivity index (χ0v) is 25.9. The normalized spacial score (nSPS) is 12.0. The smallest absolute Gasteiger partial charge is 0.263 e. The van der Waals surface area contributed by atoms with Crippen molar-refractivity contribution in [3.8, 4) is 50.6 Å². The summed E-state index contributed by atoms with van der Waals surface area (Å²) in [5, 5.41) is 7.30. The van der Waals surface area contributed by atoms with Crippen LogP contribution in [-0.4, -0.2) is 4.57 Å². The van der Waals surface area contributed by atoms with Crippen LogP contribution in [0.15, 0.2) is 169 Å². The number of aromatic nitrogens is 1. The first-order valence-corrected chi connectivity index (χ1v) is 16.2. The summed E-state index contributed by atoms with van der Waals surface area (Å²) < 4.78 is 8.45. The first-order valence-electron chi connectivity index (χ1n) is 16.2. The van der Waals surface area contributed by atoms with Gasteiger partial charge in [-0.2, -0.15) is 0 Å². The maximum Gasteiger partial charge on any atom is 0.263 e. The number of hydrogen-bond acceptors (Lipinski definition) is 2. The predicted octanol–water partition coefficient (Wildman–Crippen LogP) is 11.6. The minimum absolute atomic E-state index is 0.0404. The largest absolute Gasteiger partial charge is 0.453 e. The Hall–Kier alpha value is -6.45. The minimum Gasteiger partial charge on any atom is -0.453 e. The minimum atomic E-state index is -0.0404. The summed E-state index contributed by atoms with van der Waals surface area (Å²) in [6.07, 6.45) is 0. The molecule has 2 heterocycles. The van der Waals surface area contributed by atoms with Crippen LogP contribution in [0.4, 0.5) is 0 Å². The molecule has 224 valence electrons. The second-order valence-corrected chi connectivity index (χ2v) is 12.4. The van der Waals surface area contributed by atoms with Crippen LogP contribution in [0.25, 0.3) is 82.3 Å². The fourth-order valence-corrected chi connectivity index (χ4v) is 7.68. The molecule has 0 radical (unpaired) electrons. The van der Waals surface area contributed by atoms with Crippen molar-refractivity contribution in [2.75, 3.05) is 0 Å². The van der Waals surface area contributed by atoms with E-state index in [0.29, 0.717) is 16.9 Å². The molecule has 8 aromatic carbocycles. The number of ether oxygens (including phenoxy) is 1. The Balaban J connectivity index is 1.28. The molecular weight excluding hydrogens is 587 g/mol. The molecule has 0 atom stereocenters. The molecule has 3 nitrogen and oxygen atoms in total. The standard InChI is InChI=1S/C45H27NO2/c47-45-37-19-9-4-14-32(37)38-26-31(27-41-44(38)46(45)39-20-10-11-21-40(39)48-41)43-35-17-7-5-15-33(35)42(34-16-6-8-18-36(34)43)30-24-22-29(23-25-30)28-12-2-1-3-13-28/h1-27H. The molecule has 0 saturated carbocycles. The molecule has 48 heavy (non-hydrogen) atoms. The highest BCUT2D eigenvalue weighted by molar-refractivity contribution is 6.22. The molecule has 0 spiro atoms. The predicted molar refractivity (Wildman–Crippen MR) is 198 cm³/mol. The lowest BCUT2D eigenvalue weighted by molar-refractivity contribution is 0.474. The number of hydrogen-bond donors (Lipinski definition) is 0. The second kappa shape index (κ2) is 10.3. The van der Waals surface area contributed by atoms with Gasteiger partial charge in [-0.25, -0.2) is 0 Å². The van der Waals surface area contributed by atoms with Crippen LogP contribution >= 0.6 is 0 Å². The average Bonchev–Trinajstić information content (AvgIpc) is 3.15. The van der Waals surface area contributed by atoms with Crippen molar-refractivity contribution in [2.24, 2.45) is 0 Å². The van der Waals surface area contributed by atoms with E-state index < -0.39 is 0 Å². The zero-order chi connectivity index (χ0) is 31.8.